The first kappa shape index (κ1) is 25.3. The van der Waals surface area contributed by atoms with Crippen LogP contribution < -0.4 is 15.2 Å². The maximum Gasteiger partial charge on any atom is 0.270 e. The van der Waals surface area contributed by atoms with Crippen LogP contribution in [0.15, 0.2) is 4.79 Å². The summed E-state index contributed by atoms with van der Waals surface area (Å²) in [6.45, 7) is 14.5. The van der Waals surface area contributed by atoms with E-state index in [4.69, 9.17) is 9.72 Å². The van der Waals surface area contributed by atoms with Crippen molar-refractivity contribution < 1.29 is 14.9 Å². The fraction of sp³-hybridized carbons (Fsp3) is 0.760. The Balaban J connectivity index is 1.67. The molecule has 8 nitrogen and oxygen atoms in total. The van der Waals surface area contributed by atoms with Crippen molar-refractivity contribution in [3.8, 4) is 5.88 Å². The second-order valence-corrected chi connectivity index (χ2v) is 12.0. The Morgan fingerprint density at radius 3 is 2.38 bits per heavy atom. The Hall–Kier alpha value is -1.84. The molecule has 4 rings (SSSR count). The van der Waals surface area contributed by atoms with Crippen molar-refractivity contribution in [2.75, 3.05) is 24.6 Å². The number of hydrogen-bond donors (Lipinski definition) is 3. The van der Waals surface area contributed by atoms with Gasteiger partial charge in [0.15, 0.2) is 5.13 Å². The number of nitrogens with zero attached hydrogens (tertiary/aromatic N) is 3. The lowest BCUT2D eigenvalue weighted by molar-refractivity contribution is -0.0788. The highest BCUT2D eigenvalue weighted by Crippen LogP contribution is 2.53. The van der Waals surface area contributed by atoms with Crippen LogP contribution in [0.5, 0.6) is 5.88 Å². The Morgan fingerprint density at radius 1 is 1.18 bits per heavy atom. The van der Waals surface area contributed by atoms with E-state index >= 15 is 0 Å². The normalized spacial score (nSPS) is 25.3. The van der Waals surface area contributed by atoms with E-state index in [-0.39, 0.29) is 11.5 Å². The van der Waals surface area contributed by atoms with Gasteiger partial charge >= 0.3 is 0 Å². The van der Waals surface area contributed by atoms with E-state index in [1.807, 2.05) is 34.6 Å². The lowest BCUT2D eigenvalue weighted by atomic mass is 9.65. The van der Waals surface area contributed by atoms with Gasteiger partial charge in [-0.1, -0.05) is 38.5 Å². The smallest absolute Gasteiger partial charge is 0.270 e. The number of aliphatic hydroxyl groups is 2. The highest BCUT2D eigenvalue weighted by atomic mass is 32.1. The average molecular weight is 493 g/mol. The lowest BCUT2D eigenvalue weighted by Crippen LogP contribution is -2.53. The van der Waals surface area contributed by atoms with Crippen LogP contribution in [0.2, 0.25) is 0 Å². The molecule has 2 fully saturated rings. The van der Waals surface area contributed by atoms with Gasteiger partial charge in [0.2, 0.25) is 5.88 Å². The molecular formula is C25H40N4O4S. The minimum Gasteiger partial charge on any atom is -0.477 e. The molecule has 9 heteroatoms. The highest BCUT2D eigenvalue weighted by Gasteiger charge is 2.55. The number of nitrogens with one attached hydrogen (secondary N) is 1. The summed E-state index contributed by atoms with van der Waals surface area (Å²) >= 11 is 1.51. The molecule has 190 valence electrons. The van der Waals surface area contributed by atoms with E-state index in [2.05, 4.69) is 16.9 Å². The number of anilines is 1. The second kappa shape index (κ2) is 9.66. The van der Waals surface area contributed by atoms with E-state index in [1.165, 1.54) is 11.3 Å². The number of rotatable bonds is 8. The van der Waals surface area contributed by atoms with Crippen LogP contribution in [0.4, 0.5) is 5.13 Å². The lowest BCUT2D eigenvalue weighted by Gasteiger charge is -2.45. The molecule has 0 aromatic carbocycles. The predicted octanol–water partition coefficient (Wildman–Crippen LogP) is 3.89. The van der Waals surface area contributed by atoms with Gasteiger partial charge in [-0.25, -0.2) is 4.68 Å². The van der Waals surface area contributed by atoms with Gasteiger partial charge < -0.3 is 19.8 Å². The second-order valence-electron chi connectivity index (χ2n) is 11.0. The molecule has 0 bridgehead atoms. The van der Waals surface area contributed by atoms with Gasteiger partial charge in [-0.05, 0) is 46.0 Å². The summed E-state index contributed by atoms with van der Waals surface area (Å²) < 4.78 is 7.64. The van der Waals surface area contributed by atoms with Crippen molar-refractivity contribution in [1.82, 2.24) is 14.8 Å². The molecule has 1 saturated heterocycles. The number of aromatic nitrogens is 3. The van der Waals surface area contributed by atoms with Crippen molar-refractivity contribution in [2.45, 2.75) is 103 Å². The first-order chi connectivity index (χ1) is 16.1. The minimum atomic E-state index is -0.884. The van der Waals surface area contributed by atoms with Gasteiger partial charge in [-0.2, -0.15) is 4.98 Å². The standard InChI is InChI=1S/C25H40N4O4S/c1-7-8-13-33-22-21(34-24(26-22)28-11-9-10-12-28)17-19(30)16(20(17)31)15-18(14(2)3)27-29(23(15)32)25(4,5)6/h14,16-17,19-20,27,30-31H,7-13H2,1-6H3. The zero-order valence-electron chi connectivity index (χ0n) is 21.3. The Kier molecular flexibility index (Phi) is 7.18. The van der Waals surface area contributed by atoms with Crippen LogP contribution in [0.1, 0.15) is 101 Å². The van der Waals surface area contributed by atoms with Crippen LogP contribution in [-0.4, -0.2) is 56.9 Å². The molecule has 3 N–H and O–H groups in total. The maximum absolute atomic E-state index is 13.4. The summed E-state index contributed by atoms with van der Waals surface area (Å²) in [6, 6.07) is 0. The molecule has 3 heterocycles. The number of aliphatic hydroxyl groups excluding tert-OH is 2. The number of ether oxygens (including phenoxy) is 1. The van der Waals surface area contributed by atoms with Gasteiger partial charge in [0.25, 0.3) is 5.56 Å². The van der Waals surface area contributed by atoms with E-state index < -0.39 is 29.6 Å². The molecule has 0 amide bonds. The Bertz CT molecular complexity index is 1030. The van der Waals surface area contributed by atoms with Gasteiger partial charge in [0.05, 0.1) is 35.1 Å². The van der Waals surface area contributed by atoms with E-state index in [9.17, 15) is 15.0 Å². The fourth-order valence-corrected chi connectivity index (χ4v) is 6.28. The molecule has 1 saturated carbocycles. The monoisotopic (exact) mass is 492 g/mol. The molecule has 2 unspecified atom stereocenters. The van der Waals surface area contributed by atoms with Crippen LogP contribution in [0.25, 0.3) is 0 Å². The summed E-state index contributed by atoms with van der Waals surface area (Å²) in [4.78, 5) is 21.2. The minimum absolute atomic E-state index is 0.0582. The summed E-state index contributed by atoms with van der Waals surface area (Å²) in [5.74, 6) is -0.585. The zero-order valence-corrected chi connectivity index (χ0v) is 22.1. The molecule has 2 atom stereocenters. The average Bonchev–Trinajstić information content (AvgIpc) is 3.48. The first-order valence-corrected chi connectivity index (χ1v) is 13.5. The van der Waals surface area contributed by atoms with Crippen molar-refractivity contribution in [2.24, 2.45) is 0 Å². The van der Waals surface area contributed by atoms with Gasteiger partial charge in [-0.3, -0.25) is 9.89 Å². The van der Waals surface area contributed by atoms with Crippen molar-refractivity contribution in [1.29, 1.82) is 0 Å². The van der Waals surface area contributed by atoms with E-state index in [0.717, 1.165) is 54.5 Å². The third kappa shape index (κ3) is 4.42. The molecule has 0 radical (unpaired) electrons. The first-order valence-electron chi connectivity index (χ1n) is 12.7. The Labute approximate surface area is 206 Å². The molecule has 2 aliphatic rings. The Morgan fingerprint density at radius 2 is 1.82 bits per heavy atom. The third-order valence-electron chi connectivity index (χ3n) is 7.03. The third-order valence-corrected chi connectivity index (χ3v) is 8.23. The number of thiazole rings is 1. The topological polar surface area (TPSA) is 104 Å². The van der Waals surface area contributed by atoms with Crippen molar-refractivity contribution in [3.05, 3.63) is 26.5 Å². The quantitative estimate of drug-likeness (QED) is 0.483. The zero-order chi connectivity index (χ0) is 24.8. The van der Waals surface area contributed by atoms with Crippen LogP contribution in [0.3, 0.4) is 0 Å². The van der Waals surface area contributed by atoms with Crippen molar-refractivity contribution in [3.63, 3.8) is 0 Å². The molecule has 1 aliphatic heterocycles. The van der Waals surface area contributed by atoms with Gasteiger partial charge in [-0.15, -0.1) is 0 Å². The van der Waals surface area contributed by atoms with Crippen molar-refractivity contribution >= 4 is 16.5 Å². The highest BCUT2D eigenvalue weighted by molar-refractivity contribution is 7.16. The summed E-state index contributed by atoms with van der Waals surface area (Å²) in [7, 11) is 0. The molecule has 34 heavy (non-hydrogen) atoms. The van der Waals surface area contributed by atoms with Gasteiger partial charge in [0, 0.05) is 30.3 Å². The summed E-state index contributed by atoms with van der Waals surface area (Å²) in [6.07, 6.45) is 2.45. The predicted molar refractivity (Wildman–Crippen MR) is 136 cm³/mol. The molecule has 2 aromatic rings. The molecule has 0 spiro atoms. The van der Waals surface area contributed by atoms with Crippen LogP contribution >= 0.6 is 11.3 Å². The summed E-state index contributed by atoms with van der Waals surface area (Å²) in [5.41, 5.74) is 0.682. The fourth-order valence-electron chi connectivity index (χ4n) is 5.04. The SMILES string of the molecule is CCCCOc1nc(N2CCCC2)sc1C1C(O)C(c2c(C(C)C)[nH]n(C(C)(C)C)c2=O)C1O. The van der Waals surface area contributed by atoms with Crippen LogP contribution in [0, 0.1) is 0 Å². The van der Waals surface area contributed by atoms with E-state index in [1.54, 1.807) is 4.68 Å². The number of unbranched alkanes of at least 4 members (excludes halogenated alkanes) is 1. The van der Waals surface area contributed by atoms with Crippen LogP contribution in [-0.2, 0) is 5.54 Å². The number of hydrogen-bond acceptors (Lipinski definition) is 7. The summed E-state index contributed by atoms with van der Waals surface area (Å²) in [5, 5.41) is 26.8. The molecular weight excluding hydrogens is 452 g/mol. The largest absolute Gasteiger partial charge is 0.477 e. The number of aromatic amines is 1. The van der Waals surface area contributed by atoms with Gasteiger partial charge in [0.1, 0.15) is 0 Å². The molecule has 1 aliphatic carbocycles. The number of H-pyrrole nitrogens is 1. The maximum atomic E-state index is 13.4. The molecule has 2 aromatic heterocycles. The van der Waals surface area contributed by atoms with E-state index in [0.29, 0.717) is 18.1 Å².